The van der Waals surface area contributed by atoms with Gasteiger partial charge in [0.1, 0.15) is 6.79 Å². The fourth-order valence-electron chi connectivity index (χ4n) is 3.54. The van der Waals surface area contributed by atoms with Crippen molar-refractivity contribution in [1.29, 1.82) is 0 Å². The average molecular weight is 403 g/mol. The van der Waals surface area contributed by atoms with Gasteiger partial charge in [0, 0.05) is 13.0 Å². The van der Waals surface area contributed by atoms with Gasteiger partial charge in [-0.1, -0.05) is 97.1 Å². The van der Waals surface area contributed by atoms with Crippen molar-refractivity contribution in [2.45, 2.75) is 31.5 Å². The SMILES string of the molecule is COCOCc1ccc(/C=C/[C@H](C[C@](C)(O)c2ccccc2)c2ccccc2)cc1. The van der Waals surface area contributed by atoms with Crippen LogP contribution in [-0.4, -0.2) is 19.0 Å². The molecule has 1 N–H and O–H groups in total. The van der Waals surface area contributed by atoms with Crippen molar-refractivity contribution in [2.24, 2.45) is 0 Å². The summed E-state index contributed by atoms with van der Waals surface area (Å²) < 4.78 is 10.3. The molecule has 0 aliphatic heterocycles. The summed E-state index contributed by atoms with van der Waals surface area (Å²) in [6, 6.07) is 28.5. The number of benzene rings is 3. The fraction of sp³-hybridized carbons (Fsp3) is 0.259. The lowest BCUT2D eigenvalue weighted by Crippen LogP contribution is -2.23. The van der Waals surface area contributed by atoms with Gasteiger partial charge in [-0.15, -0.1) is 0 Å². The first-order valence-electron chi connectivity index (χ1n) is 10.2. The Morgan fingerprint density at radius 2 is 1.53 bits per heavy atom. The van der Waals surface area contributed by atoms with Crippen molar-refractivity contribution >= 4 is 6.08 Å². The van der Waals surface area contributed by atoms with Gasteiger partial charge in [-0.05, 0) is 35.6 Å². The molecular weight excluding hydrogens is 372 g/mol. The lowest BCUT2D eigenvalue weighted by Gasteiger charge is -2.28. The summed E-state index contributed by atoms with van der Waals surface area (Å²) in [6.07, 6.45) is 4.90. The van der Waals surface area contributed by atoms with Crippen LogP contribution in [0.1, 0.15) is 41.5 Å². The molecule has 0 unspecified atom stereocenters. The number of aliphatic hydroxyl groups is 1. The fourth-order valence-corrected chi connectivity index (χ4v) is 3.54. The van der Waals surface area contributed by atoms with E-state index >= 15 is 0 Å². The highest BCUT2D eigenvalue weighted by Gasteiger charge is 2.27. The van der Waals surface area contributed by atoms with E-state index in [9.17, 15) is 5.11 Å². The van der Waals surface area contributed by atoms with Crippen LogP contribution in [0, 0.1) is 0 Å². The van der Waals surface area contributed by atoms with Crippen LogP contribution in [0.4, 0.5) is 0 Å². The second-order valence-electron chi connectivity index (χ2n) is 7.72. The predicted molar refractivity (Wildman–Crippen MR) is 122 cm³/mol. The van der Waals surface area contributed by atoms with Gasteiger partial charge < -0.3 is 14.6 Å². The minimum Gasteiger partial charge on any atom is -0.385 e. The van der Waals surface area contributed by atoms with Crippen molar-refractivity contribution in [3.05, 3.63) is 113 Å². The molecule has 3 aromatic carbocycles. The molecule has 0 amide bonds. The summed E-state index contributed by atoms with van der Waals surface area (Å²) in [5, 5.41) is 11.2. The zero-order valence-electron chi connectivity index (χ0n) is 17.7. The van der Waals surface area contributed by atoms with E-state index in [2.05, 4.69) is 48.6 Å². The molecule has 3 nitrogen and oxygen atoms in total. The number of hydrogen-bond acceptors (Lipinski definition) is 3. The van der Waals surface area contributed by atoms with E-state index in [-0.39, 0.29) is 5.92 Å². The summed E-state index contributed by atoms with van der Waals surface area (Å²) in [5.41, 5.74) is 3.42. The maximum Gasteiger partial charge on any atom is 0.146 e. The smallest absolute Gasteiger partial charge is 0.146 e. The van der Waals surface area contributed by atoms with Crippen molar-refractivity contribution < 1.29 is 14.6 Å². The topological polar surface area (TPSA) is 38.7 Å². The first-order valence-corrected chi connectivity index (χ1v) is 10.2. The largest absolute Gasteiger partial charge is 0.385 e. The molecule has 156 valence electrons. The molecule has 0 saturated heterocycles. The molecule has 0 spiro atoms. The molecular formula is C27H30O3. The number of hydrogen-bond donors (Lipinski definition) is 1. The first-order chi connectivity index (χ1) is 14.6. The van der Waals surface area contributed by atoms with Crippen LogP contribution in [0.5, 0.6) is 0 Å². The summed E-state index contributed by atoms with van der Waals surface area (Å²) in [7, 11) is 1.62. The summed E-state index contributed by atoms with van der Waals surface area (Å²) in [6.45, 7) is 2.72. The summed E-state index contributed by atoms with van der Waals surface area (Å²) in [5.74, 6) is 0.0890. The van der Waals surface area contributed by atoms with E-state index in [1.54, 1.807) is 7.11 Å². The van der Waals surface area contributed by atoms with Crippen molar-refractivity contribution in [3.8, 4) is 0 Å². The molecule has 3 heteroatoms. The van der Waals surface area contributed by atoms with Gasteiger partial charge in [0.25, 0.3) is 0 Å². The molecule has 0 radical (unpaired) electrons. The van der Waals surface area contributed by atoms with Gasteiger partial charge in [0.15, 0.2) is 0 Å². The number of methoxy groups -OCH3 is 1. The molecule has 3 rings (SSSR count). The van der Waals surface area contributed by atoms with Crippen LogP contribution in [0.15, 0.2) is 91.0 Å². The van der Waals surface area contributed by atoms with Crippen molar-refractivity contribution in [2.75, 3.05) is 13.9 Å². The quantitative estimate of drug-likeness (QED) is 0.339. The third kappa shape index (κ3) is 6.39. The van der Waals surface area contributed by atoms with Crippen LogP contribution in [0.2, 0.25) is 0 Å². The predicted octanol–water partition coefficient (Wildman–Crippen LogP) is 5.90. The van der Waals surface area contributed by atoms with Crippen LogP contribution < -0.4 is 0 Å². The molecule has 3 aromatic rings. The Morgan fingerprint density at radius 1 is 0.900 bits per heavy atom. The van der Waals surface area contributed by atoms with Gasteiger partial charge in [-0.2, -0.15) is 0 Å². The van der Waals surface area contributed by atoms with Crippen LogP contribution in [-0.2, 0) is 21.7 Å². The van der Waals surface area contributed by atoms with Gasteiger partial charge in [-0.25, -0.2) is 0 Å². The highest BCUT2D eigenvalue weighted by atomic mass is 16.7. The summed E-state index contributed by atoms with van der Waals surface area (Å²) >= 11 is 0. The molecule has 2 atom stereocenters. The highest BCUT2D eigenvalue weighted by Crippen LogP contribution is 2.34. The molecule has 0 aliphatic carbocycles. The van der Waals surface area contributed by atoms with E-state index in [1.807, 2.05) is 55.5 Å². The van der Waals surface area contributed by atoms with Gasteiger partial charge >= 0.3 is 0 Å². The number of ether oxygens (including phenoxy) is 2. The highest BCUT2D eigenvalue weighted by molar-refractivity contribution is 5.51. The Balaban J connectivity index is 1.76. The molecule has 0 saturated carbocycles. The van der Waals surface area contributed by atoms with Crippen molar-refractivity contribution in [1.82, 2.24) is 0 Å². The van der Waals surface area contributed by atoms with Gasteiger partial charge in [0.2, 0.25) is 0 Å². The molecule has 0 bridgehead atoms. The average Bonchev–Trinajstić information content (AvgIpc) is 2.79. The van der Waals surface area contributed by atoms with E-state index in [1.165, 1.54) is 5.56 Å². The maximum absolute atomic E-state index is 11.2. The van der Waals surface area contributed by atoms with Gasteiger partial charge in [-0.3, -0.25) is 0 Å². The lowest BCUT2D eigenvalue weighted by atomic mass is 9.82. The van der Waals surface area contributed by atoms with E-state index in [4.69, 9.17) is 9.47 Å². The Kier molecular flexibility index (Phi) is 7.97. The second-order valence-corrected chi connectivity index (χ2v) is 7.72. The molecule has 30 heavy (non-hydrogen) atoms. The molecule has 0 aromatic heterocycles. The second kappa shape index (κ2) is 10.9. The monoisotopic (exact) mass is 402 g/mol. The van der Waals surface area contributed by atoms with Crippen LogP contribution in [0.25, 0.3) is 6.08 Å². The Hall–Kier alpha value is -2.72. The first kappa shape index (κ1) is 22.0. The zero-order valence-corrected chi connectivity index (χ0v) is 17.7. The van der Waals surface area contributed by atoms with E-state index < -0.39 is 5.60 Å². The van der Waals surface area contributed by atoms with Gasteiger partial charge in [0.05, 0.1) is 12.2 Å². The van der Waals surface area contributed by atoms with Crippen molar-refractivity contribution in [3.63, 3.8) is 0 Å². The molecule has 0 aliphatic rings. The van der Waals surface area contributed by atoms with Crippen LogP contribution >= 0.6 is 0 Å². The molecule has 0 fully saturated rings. The Morgan fingerprint density at radius 3 is 2.17 bits per heavy atom. The third-order valence-corrected chi connectivity index (χ3v) is 5.21. The summed E-state index contributed by atoms with van der Waals surface area (Å²) in [4.78, 5) is 0. The minimum atomic E-state index is -0.922. The zero-order chi connectivity index (χ0) is 21.2. The normalized spacial score (nSPS) is 14.5. The Bertz CT molecular complexity index is 900. The maximum atomic E-state index is 11.2. The van der Waals surface area contributed by atoms with E-state index in [0.717, 1.165) is 16.7 Å². The third-order valence-electron chi connectivity index (χ3n) is 5.21. The lowest BCUT2D eigenvalue weighted by molar-refractivity contribution is -0.0390. The number of rotatable bonds is 10. The van der Waals surface area contributed by atoms with E-state index in [0.29, 0.717) is 19.8 Å². The minimum absolute atomic E-state index is 0.0890. The molecule has 0 heterocycles. The Labute approximate surface area is 179 Å². The standard InChI is InChI=1S/C27H30O3/c1-27(28,26-11-7-4-8-12-26)19-25(24-9-5-3-6-10-24)18-17-22-13-15-23(16-14-22)20-30-21-29-2/h3-18,25,28H,19-21H2,1-2H3/b18-17+/t25-,27+/m1/s1. The number of allylic oxidation sites excluding steroid dienone is 1. The van der Waals surface area contributed by atoms with Crippen LogP contribution in [0.3, 0.4) is 0 Å².